The first-order valence-electron chi connectivity index (χ1n) is 6.75. The highest BCUT2D eigenvalue weighted by Gasteiger charge is 2.20. The van der Waals surface area contributed by atoms with Gasteiger partial charge >= 0.3 is 5.97 Å². The van der Waals surface area contributed by atoms with Gasteiger partial charge in [-0.3, -0.25) is 9.52 Å². The van der Waals surface area contributed by atoms with Crippen LogP contribution in [0, 0.1) is 0 Å². The quantitative estimate of drug-likeness (QED) is 0.857. The molecule has 0 saturated carbocycles. The van der Waals surface area contributed by atoms with E-state index in [1.54, 1.807) is 48.5 Å². The molecule has 0 fully saturated rings. The van der Waals surface area contributed by atoms with Crippen LogP contribution < -0.4 is 4.72 Å². The highest BCUT2D eigenvalue weighted by atomic mass is 32.2. The summed E-state index contributed by atoms with van der Waals surface area (Å²) < 4.78 is 27.0. The van der Waals surface area contributed by atoms with E-state index in [0.717, 1.165) is 0 Å². The Morgan fingerprint density at radius 2 is 1.68 bits per heavy atom. The maximum Gasteiger partial charge on any atom is 0.310 e. The second-order valence-electron chi connectivity index (χ2n) is 4.99. The van der Waals surface area contributed by atoms with Crippen molar-refractivity contribution in [1.29, 1.82) is 0 Å². The zero-order valence-electron chi connectivity index (χ0n) is 12.1. The van der Waals surface area contributed by atoms with Gasteiger partial charge in [-0.15, -0.1) is 0 Å². The third-order valence-corrected chi connectivity index (χ3v) is 4.51. The van der Waals surface area contributed by atoms with Crippen LogP contribution in [-0.2, 0) is 20.6 Å². The van der Waals surface area contributed by atoms with Crippen LogP contribution in [0.3, 0.4) is 0 Å². The van der Waals surface area contributed by atoms with Crippen molar-refractivity contribution < 1.29 is 18.3 Å². The summed E-state index contributed by atoms with van der Waals surface area (Å²) in [6.07, 6.45) is 0. The summed E-state index contributed by atoms with van der Waals surface area (Å²) in [5.74, 6) is -1.96. The average Bonchev–Trinajstić information content (AvgIpc) is 2.47. The molecule has 0 aliphatic heterocycles. The van der Waals surface area contributed by atoms with Crippen molar-refractivity contribution in [2.75, 3.05) is 4.72 Å². The number of sulfonamides is 1. The van der Waals surface area contributed by atoms with Crippen LogP contribution in [0.15, 0.2) is 54.6 Å². The maximum absolute atomic E-state index is 12.3. The zero-order chi connectivity index (χ0) is 16.2. The SMILES string of the molecule is C[C@H](C(=O)O)c1ccccc1NS(=O)(=O)Cc1ccccc1. The lowest BCUT2D eigenvalue weighted by atomic mass is 10.00. The maximum atomic E-state index is 12.3. The van der Waals surface area contributed by atoms with Gasteiger partial charge in [-0.2, -0.15) is 0 Å². The van der Waals surface area contributed by atoms with Crippen molar-refractivity contribution >= 4 is 21.7 Å². The van der Waals surface area contributed by atoms with Gasteiger partial charge in [0.2, 0.25) is 10.0 Å². The normalized spacial score (nSPS) is 12.6. The van der Waals surface area contributed by atoms with E-state index in [2.05, 4.69) is 4.72 Å². The summed E-state index contributed by atoms with van der Waals surface area (Å²) in [5.41, 5.74) is 1.40. The first kappa shape index (κ1) is 16.0. The van der Waals surface area contributed by atoms with Crippen molar-refractivity contribution in [3.8, 4) is 0 Å². The number of hydrogen-bond donors (Lipinski definition) is 2. The molecule has 0 aliphatic rings. The van der Waals surface area contributed by atoms with Gasteiger partial charge < -0.3 is 5.11 Å². The first-order chi connectivity index (χ1) is 10.4. The molecule has 2 aromatic carbocycles. The third kappa shape index (κ3) is 4.08. The predicted octanol–water partition coefficient (Wildman–Crippen LogP) is 2.82. The molecule has 5 nitrogen and oxygen atoms in total. The van der Waals surface area contributed by atoms with Crippen LogP contribution in [-0.4, -0.2) is 19.5 Å². The highest BCUT2D eigenvalue weighted by molar-refractivity contribution is 7.91. The van der Waals surface area contributed by atoms with Gasteiger partial charge in [-0.1, -0.05) is 48.5 Å². The number of hydrogen-bond acceptors (Lipinski definition) is 3. The Hall–Kier alpha value is -2.34. The van der Waals surface area contributed by atoms with E-state index in [-0.39, 0.29) is 5.75 Å². The Labute approximate surface area is 129 Å². The molecule has 0 spiro atoms. The van der Waals surface area contributed by atoms with Gasteiger partial charge in [0.15, 0.2) is 0 Å². The number of carboxylic acids is 1. The van der Waals surface area contributed by atoms with Crippen molar-refractivity contribution in [2.45, 2.75) is 18.6 Å². The van der Waals surface area contributed by atoms with E-state index in [9.17, 15) is 13.2 Å². The van der Waals surface area contributed by atoms with Crippen LogP contribution in [0.25, 0.3) is 0 Å². The van der Waals surface area contributed by atoms with E-state index >= 15 is 0 Å². The molecule has 22 heavy (non-hydrogen) atoms. The summed E-state index contributed by atoms with van der Waals surface area (Å²) in [6.45, 7) is 1.52. The fourth-order valence-corrected chi connectivity index (χ4v) is 3.32. The topological polar surface area (TPSA) is 83.5 Å². The molecule has 0 saturated heterocycles. The van der Waals surface area contributed by atoms with Crippen LogP contribution in [0.4, 0.5) is 5.69 Å². The molecule has 1 atom stereocenters. The monoisotopic (exact) mass is 319 g/mol. The molecule has 0 bridgehead atoms. The fourth-order valence-electron chi connectivity index (χ4n) is 2.10. The van der Waals surface area contributed by atoms with E-state index < -0.39 is 21.9 Å². The molecule has 0 unspecified atom stereocenters. The Balaban J connectivity index is 2.25. The minimum absolute atomic E-state index is 0.163. The van der Waals surface area contributed by atoms with E-state index in [0.29, 0.717) is 16.8 Å². The summed E-state index contributed by atoms with van der Waals surface area (Å²) in [5, 5.41) is 9.12. The van der Waals surface area contributed by atoms with Crippen molar-refractivity contribution in [1.82, 2.24) is 0 Å². The number of rotatable bonds is 6. The van der Waals surface area contributed by atoms with E-state index in [1.165, 1.54) is 6.92 Å². The number of carbonyl (C=O) groups is 1. The molecule has 0 aliphatic carbocycles. The van der Waals surface area contributed by atoms with Gasteiger partial charge in [-0.05, 0) is 24.1 Å². The van der Waals surface area contributed by atoms with Crippen LogP contribution in [0.5, 0.6) is 0 Å². The molecule has 0 amide bonds. The lowest BCUT2D eigenvalue weighted by molar-refractivity contribution is -0.138. The molecule has 0 radical (unpaired) electrons. The third-order valence-electron chi connectivity index (χ3n) is 3.26. The lowest BCUT2D eigenvalue weighted by Gasteiger charge is -2.15. The fraction of sp³-hybridized carbons (Fsp3) is 0.188. The van der Waals surface area contributed by atoms with Gasteiger partial charge in [0.1, 0.15) is 0 Å². The van der Waals surface area contributed by atoms with Crippen molar-refractivity contribution in [3.05, 3.63) is 65.7 Å². The molecular formula is C16H17NO4S. The first-order valence-corrected chi connectivity index (χ1v) is 8.40. The number of para-hydroxylation sites is 1. The van der Waals surface area contributed by atoms with Crippen molar-refractivity contribution in [3.63, 3.8) is 0 Å². The summed E-state index contributed by atoms with van der Waals surface area (Å²) >= 11 is 0. The molecule has 0 aromatic heterocycles. The molecule has 0 heterocycles. The largest absolute Gasteiger partial charge is 0.481 e. The Kier molecular flexibility index (Phi) is 4.82. The van der Waals surface area contributed by atoms with E-state index in [1.807, 2.05) is 6.07 Å². The summed E-state index contributed by atoms with van der Waals surface area (Å²) in [4.78, 5) is 11.1. The Morgan fingerprint density at radius 1 is 1.09 bits per heavy atom. The summed E-state index contributed by atoms with van der Waals surface area (Å²) in [7, 11) is -3.61. The summed E-state index contributed by atoms with van der Waals surface area (Å²) in [6, 6.07) is 15.3. The second-order valence-corrected chi connectivity index (χ2v) is 6.72. The van der Waals surface area contributed by atoms with Gasteiger partial charge in [0.05, 0.1) is 17.4 Å². The number of anilines is 1. The van der Waals surface area contributed by atoms with Gasteiger partial charge in [-0.25, -0.2) is 8.42 Å². The van der Waals surface area contributed by atoms with Gasteiger partial charge in [0.25, 0.3) is 0 Å². The Morgan fingerprint density at radius 3 is 2.32 bits per heavy atom. The molecular weight excluding hydrogens is 302 g/mol. The zero-order valence-corrected chi connectivity index (χ0v) is 12.9. The molecule has 2 aromatic rings. The molecule has 2 rings (SSSR count). The van der Waals surface area contributed by atoms with Gasteiger partial charge in [0, 0.05) is 0 Å². The number of carboxylic acid groups (broad SMARTS) is 1. The van der Waals surface area contributed by atoms with E-state index in [4.69, 9.17) is 5.11 Å². The molecule has 116 valence electrons. The van der Waals surface area contributed by atoms with Crippen LogP contribution >= 0.6 is 0 Å². The Bertz CT molecular complexity index is 757. The minimum atomic E-state index is -3.61. The van der Waals surface area contributed by atoms with Crippen molar-refractivity contribution in [2.24, 2.45) is 0 Å². The standard InChI is InChI=1S/C16H17NO4S/c1-12(16(18)19)14-9-5-6-10-15(14)17-22(20,21)11-13-7-3-2-4-8-13/h2-10,12,17H,11H2,1H3,(H,18,19)/t12-/m0/s1. The molecule has 6 heteroatoms. The second kappa shape index (κ2) is 6.62. The number of nitrogens with one attached hydrogen (secondary N) is 1. The molecule has 2 N–H and O–H groups in total. The highest BCUT2D eigenvalue weighted by Crippen LogP contribution is 2.25. The van der Waals surface area contributed by atoms with Crippen LogP contribution in [0.2, 0.25) is 0 Å². The van der Waals surface area contributed by atoms with Crippen LogP contribution in [0.1, 0.15) is 24.0 Å². The number of aliphatic carboxylic acids is 1. The minimum Gasteiger partial charge on any atom is -0.481 e. The average molecular weight is 319 g/mol. The predicted molar refractivity (Wildman–Crippen MR) is 85.2 cm³/mol. The lowest BCUT2D eigenvalue weighted by Crippen LogP contribution is -2.18. The smallest absolute Gasteiger partial charge is 0.310 e. The number of benzene rings is 2.